The molecule has 1 aromatic heterocycles. The molecule has 1 fully saturated rings. The minimum absolute atomic E-state index is 0.0886. The predicted octanol–water partition coefficient (Wildman–Crippen LogP) is 0.119. The molecule has 1 aliphatic rings. The van der Waals surface area contributed by atoms with Crippen LogP contribution in [0.2, 0.25) is 0 Å². The van der Waals surface area contributed by atoms with E-state index in [2.05, 4.69) is 20.9 Å². The summed E-state index contributed by atoms with van der Waals surface area (Å²) in [6.07, 6.45) is 2.15. The molecule has 0 bridgehead atoms. The molecule has 2 heterocycles. The van der Waals surface area contributed by atoms with E-state index in [0.717, 1.165) is 22.0 Å². The molecule has 0 aliphatic carbocycles. The average molecular weight is 436 g/mol. The molecule has 0 radical (unpaired) electrons. The van der Waals surface area contributed by atoms with Crippen molar-refractivity contribution in [3.63, 3.8) is 0 Å². The van der Waals surface area contributed by atoms with E-state index in [1.165, 1.54) is 12.1 Å². The van der Waals surface area contributed by atoms with Gasteiger partial charge in [-0.2, -0.15) is 0 Å². The van der Waals surface area contributed by atoms with Crippen molar-refractivity contribution in [2.45, 2.75) is 31.0 Å². The number of aliphatic hydroxyl groups excluding tert-OH is 1. The lowest BCUT2D eigenvalue weighted by molar-refractivity contribution is -0.130. The van der Waals surface area contributed by atoms with Crippen LogP contribution in [0.5, 0.6) is 5.75 Å². The van der Waals surface area contributed by atoms with Gasteiger partial charge in [0, 0.05) is 29.9 Å². The minimum Gasteiger partial charge on any atom is -0.508 e. The Balaban J connectivity index is 1.61. The van der Waals surface area contributed by atoms with Crippen LogP contribution in [0.1, 0.15) is 11.1 Å². The molecular weight excluding hydrogens is 412 g/mol. The Morgan fingerprint density at radius 2 is 1.34 bits per heavy atom. The highest BCUT2D eigenvalue weighted by atomic mass is 16.3. The van der Waals surface area contributed by atoms with E-state index in [0.29, 0.717) is 0 Å². The Labute approximate surface area is 183 Å². The molecule has 3 atom stereocenters. The van der Waals surface area contributed by atoms with Crippen molar-refractivity contribution in [1.29, 1.82) is 0 Å². The second-order valence-electron chi connectivity index (χ2n) is 7.80. The number of nitrogens with one attached hydrogen (secondary N) is 4. The van der Waals surface area contributed by atoms with Crippen molar-refractivity contribution in [2.75, 3.05) is 6.61 Å². The van der Waals surface area contributed by atoms with Crippen LogP contribution in [-0.2, 0) is 27.2 Å². The number of hydrogen-bond donors (Lipinski definition) is 6. The van der Waals surface area contributed by atoms with Gasteiger partial charge in [0.2, 0.25) is 17.7 Å². The highest BCUT2D eigenvalue weighted by Crippen LogP contribution is 2.20. The van der Waals surface area contributed by atoms with Crippen molar-refractivity contribution in [3.05, 3.63) is 65.9 Å². The Bertz CT molecular complexity index is 1140. The maximum absolute atomic E-state index is 13.1. The number of aliphatic hydroxyl groups is 1. The first-order valence-electron chi connectivity index (χ1n) is 10.3. The largest absolute Gasteiger partial charge is 0.508 e. The van der Waals surface area contributed by atoms with Gasteiger partial charge in [-0.25, -0.2) is 0 Å². The molecule has 0 spiro atoms. The first kappa shape index (κ1) is 21.4. The fourth-order valence-electron chi connectivity index (χ4n) is 3.82. The Hall–Kier alpha value is -3.85. The number of amides is 3. The van der Waals surface area contributed by atoms with Gasteiger partial charge >= 0.3 is 0 Å². The molecule has 6 N–H and O–H groups in total. The number of rotatable bonds is 5. The van der Waals surface area contributed by atoms with Gasteiger partial charge in [0.1, 0.15) is 23.9 Å². The van der Waals surface area contributed by atoms with Crippen molar-refractivity contribution >= 4 is 28.6 Å². The third-order valence-electron chi connectivity index (χ3n) is 5.56. The first-order chi connectivity index (χ1) is 15.4. The normalized spacial score (nSPS) is 21.8. The van der Waals surface area contributed by atoms with Crippen LogP contribution in [0, 0.1) is 0 Å². The van der Waals surface area contributed by atoms with E-state index >= 15 is 0 Å². The summed E-state index contributed by atoms with van der Waals surface area (Å²) < 4.78 is 0. The van der Waals surface area contributed by atoms with Crippen molar-refractivity contribution in [3.8, 4) is 5.75 Å². The number of aromatic amines is 1. The molecule has 3 amide bonds. The first-order valence-corrected chi connectivity index (χ1v) is 10.3. The topological polar surface area (TPSA) is 144 Å². The highest BCUT2D eigenvalue weighted by Gasteiger charge is 2.34. The van der Waals surface area contributed by atoms with Crippen LogP contribution in [0.3, 0.4) is 0 Å². The van der Waals surface area contributed by atoms with E-state index in [4.69, 9.17) is 0 Å². The maximum atomic E-state index is 13.1. The van der Waals surface area contributed by atoms with Gasteiger partial charge < -0.3 is 31.1 Å². The van der Waals surface area contributed by atoms with E-state index < -0.39 is 42.5 Å². The Kier molecular flexibility index (Phi) is 6.09. The van der Waals surface area contributed by atoms with Gasteiger partial charge in [0.15, 0.2) is 0 Å². The van der Waals surface area contributed by atoms with Gasteiger partial charge in [0.25, 0.3) is 0 Å². The third-order valence-corrected chi connectivity index (χ3v) is 5.56. The van der Waals surface area contributed by atoms with Gasteiger partial charge in [-0.15, -0.1) is 0 Å². The lowest BCUT2D eigenvalue weighted by atomic mass is 10.0. The van der Waals surface area contributed by atoms with Gasteiger partial charge in [-0.1, -0.05) is 30.3 Å². The summed E-state index contributed by atoms with van der Waals surface area (Å²) in [6.45, 7) is -0.600. The molecule has 0 saturated carbocycles. The number of phenolic OH excluding ortho intramolecular Hbond substituents is 1. The third kappa shape index (κ3) is 4.57. The van der Waals surface area contributed by atoms with E-state index in [9.17, 15) is 24.6 Å². The van der Waals surface area contributed by atoms with E-state index in [-0.39, 0.29) is 18.6 Å². The second kappa shape index (κ2) is 9.11. The molecule has 9 nitrogen and oxygen atoms in total. The number of aromatic hydroxyl groups is 1. The lowest BCUT2D eigenvalue weighted by Gasteiger charge is -2.20. The molecular formula is C23H24N4O5. The van der Waals surface area contributed by atoms with Crippen molar-refractivity contribution < 1.29 is 24.6 Å². The van der Waals surface area contributed by atoms with Crippen molar-refractivity contribution in [2.24, 2.45) is 0 Å². The molecule has 9 heteroatoms. The molecule has 166 valence electrons. The van der Waals surface area contributed by atoms with Gasteiger partial charge in [0.05, 0.1) is 6.61 Å². The molecule has 0 unspecified atom stereocenters. The Morgan fingerprint density at radius 1 is 0.750 bits per heavy atom. The number of carbonyl (C=O) groups excluding carboxylic acids is 3. The minimum atomic E-state index is -1.18. The Morgan fingerprint density at radius 3 is 2.03 bits per heavy atom. The quantitative estimate of drug-likeness (QED) is 0.337. The monoisotopic (exact) mass is 436 g/mol. The number of hydrogen-bond acceptors (Lipinski definition) is 5. The molecule has 1 aliphatic heterocycles. The molecule has 4 rings (SSSR count). The summed E-state index contributed by atoms with van der Waals surface area (Å²) in [4.78, 5) is 41.7. The van der Waals surface area contributed by atoms with E-state index in [1.54, 1.807) is 18.3 Å². The number of aromatic nitrogens is 1. The smallest absolute Gasteiger partial charge is 0.245 e. The standard InChI is InChI=1S/C23H24N4O5/c28-12-20-23(32)25-18(9-13-5-7-15(29)8-6-13)21(30)26-19(22(31)27-20)10-14-11-24-17-4-2-1-3-16(14)17/h1-8,11,18-20,24,28-29H,9-10,12H2,(H,25,32)(H,26,30)(H,27,31)/t18-,19-,20-/m0/s1. The second-order valence-corrected chi connectivity index (χ2v) is 7.80. The van der Waals surface area contributed by atoms with Crippen LogP contribution in [-0.4, -0.2) is 57.7 Å². The zero-order chi connectivity index (χ0) is 22.7. The van der Waals surface area contributed by atoms with Crippen molar-refractivity contribution in [1.82, 2.24) is 20.9 Å². The summed E-state index contributed by atoms with van der Waals surface area (Å²) >= 11 is 0. The number of benzene rings is 2. The van der Waals surface area contributed by atoms with E-state index in [1.807, 2.05) is 24.3 Å². The number of H-pyrrole nitrogens is 1. The zero-order valence-corrected chi connectivity index (χ0v) is 17.2. The van der Waals surface area contributed by atoms with Crippen LogP contribution in [0.25, 0.3) is 10.9 Å². The van der Waals surface area contributed by atoms with Crippen LogP contribution in [0.4, 0.5) is 0 Å². The number of carbonyl (C=O) groups is 3. The fraction of sp³-hybridized carbons (Fsp3) is 0.261. The predicted molar refractivity (Wildman–Crippen MR) is 117 cm³/mol. The SMILES string of the molecule is O=C1N[C@@H](Cc2ccc(O)cc2)C(=O)N[C@@H](Cc2c[nH]c3ccccc23)C(=O)N[C@H]1CO. The summed E-state index contributed by atoms with van der Waals surface area (Å²) in [5.41, 5.74) is 2.47. The van der Waals surface area contributed by atoms with Crippen LogP contribution in [0.15, 0.2) is 54.7 Å². The average Bonchev–Trinajstić information content (AvgIpc) is 3.21. The summed E-state index contributed by atoms with van der Waals surface area (Å²) in [5, 5.41) is 27.9. The fourth-order valence-corrected chi connectivity index (χ4v) is 3.82. The van der Waals surface area contributed by atoms with Crippen LogP contribution >= 0.6 is 0 Å². The summed E-state index contributed by atoms with van der Waals surface area (Å²) in [7, 11) is 0. The molecule has 1 saturated heterocycles. The zero-order valence-electron chi connectivity index (χ0n) is 17.2. The number of fused-ring (bicyclic) bond motifs is 1. The highest BCUT2D eigenvalue weighted by molar-refractivity contribution is 5.97. The number of phenols is 1. The lowest BCUT2D eigenvalue weighted by Crippen LogP contribution is -2.52. The summed E-state index contributed by atoms with van der Waals surface area (Å²) in [5.74, 6) is -1.62. The molecule has 2 aromatic carbocycles. The molecule has 3 aromatic rings. The van der Waals surface area contributed by atoms with Gasteiger partial charge in [-0.3, -0.25) is 14.4 Å². The summed E-state index contributed by atoms with van der Waals surface area (Å²) in [6, 6.07) is 10.8. The maximum Gasteiger partial charge on any atom is 0.245 e. The van der Waals surface area contributed by atoms with Crippen LogP contribution < -0.4 is 16.0 Å². The number of para-hydroxylation sites is 1. The molecule has 32 heavy (non-hydrogen) atoms. The van der Waals surface area contributed by atoms with Gasteiger partial charge in [-0.05, 0) is 29.3 Å².